The zero-order chi connectivity index (χ0) is 36.6. The minimum atomic E-state index is -1.26. The van der Waals surface area contributed by atoms with Gasteiger partial charge in [-0.3, -0.25) is 34.4 Å². The molecule has 276 valence electrons. The van der Waals surface area contributed by atoms with Crippen molar-refractivity contribution < 1.29 is 58.5 Å². The van der Waals surface area contributed by atoms with Gasteiger partial charge in [0.05, 0.1) is 19.1 Å². The summed E-state index contributed by atoms with van der Waals surface area (Å²) in [6.45, 7) is 1.33. The Labute approximate surface area is 289 Å². The summed E-state index contributed by atoms with van der Waals surface area (Å²) in [4.78, 5) is 79.3. The lowest BCUT2D eigenvalue weighted by molar-refractivity contribution is -0.167. The maximum Gasteiger partial charge on any atom is 0.328 e. The number of phenols is 1. The first-order valence-corrected chi connectivity index (χ1v) is 16.7. The van der Waals surface area contributed by atoms with Crippen LogP contribution in [0.4, 0.5) is 0 Å². The van der Waals surface area contributed by atoms with Gasteiger partial charge in [-0.25, -0.2) is 19.9 Å². The number of phenolic OH excluding ortho intramolecular Hbond substituents is 1. The maximum atomic E-state index is 13.3. The van der Waals surface area contributed by atoms with E-state index in [-0.39, 0.29) is 69.4 Å². The average molecular weight is 706 g/mol. The number of aliphatic imine (C=N–C) groups is 1. The number of hydrogen-bond donors (Lipinski definition) is 5. The number of carbonyl (C=O) groups excluding carboxylic acids is 6. The van der Waals surface area contributed by atoms with Crippen molar-refractivity contribution in [1.82, 2.24) is 20.8 Å². The second-order valence-electron chi connectivity index (χ2n) is 12.2. The standard InChI is InChI=1S/C33H47N5O12/c1-21(19-27(40)34-23-12-8-9-17-38(47)32(23)44)50-33(45)24(13-10-18-37(46)28(41)15-4-3-5-16-29(42)48-2)35-30(43)25-20-49-31(36-25)22-11-6-7-14-26(22)39/h6-7,11,14,21,23-25,39,46-47H,3-5,8-10,12-13,15-20H2,1-2H3,(H,34,40)(H,35,43)/t21-,23-,24-,25-/m0/s1. The van der Waals surface area contributed by atoms with Gasteiger partial charge >= 0.3 is 11.9 Å². The second kappa shape index (κ2) is 20.0. The van der Waals surface area contributed by atoms with Gasteiger partial charge in [0.25, 0.3) is 5.91 Å². The zero-order valence-electron chi connectivity index (χ0n) is 28.4. The van der Waals surface area contributed by atoms with Crippen LogP contribution in [0.1, 0.15) is 83.1 Å². The van der Waals surface area contributed by atoms with E-state index in [0.29, 0.717) is 54.2 Å². The minimum Gasteiger partial charge on any atom is -0.507 e. The maximum absolute atomic E-state index is 13.3. The predicted octanol–water partition coefficient (Wildman–Crippen LogP) is 1.35. The molecule has 1 saturated heterocycles. The van der Waals surface area contributed by atoms with Crippen LogP contribution in [0.3, 0.4) is 0 Å². The van der Waals surface area contributed by atoms with Crippen LogP contribution in [0.15, 0.2) is 29.3 Å². The van der Waals surface area contributed by atoms with Crippen LogP contribution in [0, 0.1) is 0 Å². The Hall–Kier alpha value is -4.77. The van der Waals surface area contributed by atoms with Gasteiger partial charge in [-0.2, -0.15) is 0 Å². The Bertz CT molecular complexity index is 1390. The van der Waals surface area contributed by atoms with Gasteiger partial charge in [-0.05, 0) is 64.0 Å². The van der Waals surface area contributed by atoms with Crippen LogP contribution in [0.25, 0.3) is 0 Å². The quantitative estimate of drug-likeness (QED) is 0.0630. The Kier molecular flexibility index (Phi) is 15.9. The van der Waals surface area contributed by atoms with Crippen LogP contribution >= 0.6 is 0 Å². The molecule has 0 saturated carbocycles. The van der Waals surface area contributed by atoms with Crippen LogP contribution < -0.4 is 10.6 Å². The molecule has 3 rings (SSSR count). The van der Waals surface area contributed by atoms with E-state index in [4.69, 9.17) is 9.47 Å². The Balaban J connectivity index is 1.58. The fourth-order valence-electron chi connectivity index (χ4n) is 5.34. The Morgan fingerprint density at radius 3 is 2.58 bits per heavy atom. The van der Waals surface area contributed by atoms with Gasteiger partial charge < -0.3 is 30.0 Å². The van der Waals surface area contributed by atoms with Gasteiger partial charge in [-0.15, -0.1) is 0 Å². The molecular weight excluding hydrogens is 658 g/mol. The molecule has 0 spiro atoms. The number of amides is 4. The second-order valence-corrected chi connectivity index (χ2v) is 12.2. The molecule has 2 aliphatic rings. The van der Waals surface area contributed by atoms with Crippen molar-refractivity contribution in [3.63, 3.8) is 0 Å². The smallest absolute Gasteiger partial charge is 0.328 e. The molecule has 0 radical (unpaired) electrons. The highest BCUT2D eigenvalue weighted by Crippen LogP contribution is 2.21. The number of para-hydroxylation sites is 1. The van der Waals surface area contributed by atoms with Gasteiger partial charge in [0, 0.05) is 25.9 Å². The third-order valence-electron chi connectivity index (χ3n) is 8.13. The van der Waals surface area contributed by atoms with Crippen molar-refractivity contribution >= 4 is 41.5 Å². The number of unbranched alkanes of at least 4 members (excludes halogenated alkanes) is 2. The van der Waals surface area contributed by atoms with Crippen molar-refractivity contribution in [2.75, 3.05) is 26.8 Å². The minimum absolute atomic E-state index is 0.0429. The SMILES string of the molecule is COC(=O)CCCCCC(=O)N(O)CCC[C@H](NC(=O)[C@@H]1COC(c2ccccc2O)=N1)C(=O)O[C@@H](C)CC(=O)N[C@H]1CCCCN(O)C1=O. The van der Waals surface area contributed by atoms with Gasteiger partial charge in [0.15, 0.2) is 6.04 Å². The first-order chi connectivity index (χ1) is 23.9. The molecule has 4 amide bonds. The van der Waals surface area contributed by atoms with Crippen molar-refractivity contribution in [1.29, 1.82) is 0 Å². The summed E-state index contributed by atoms with van der Waals surface area (Å²) in [5, 5.41) is 36.5. The number of hydroxylamine groups is 4. The summed E-state index contributed by atoms with van der Waals surface area (Å²) < 4.78 is 15.6. The molecule has 2 heterocycles. The lowest BCUT2D eigenvalue weighted by atomic mass is 10.1. The fraction of sp³-hybridized carbons (Fsp3) is 0.606. The molecule has 2 aliphatic heterocycles. The van der Waals surface area contributed by atoms with E-state index in [9.17, 15) is 44.3 Å². The van der Waals surface area contributed by atoms with Crippen molar-refractivity contribution in [3.05, 3.63) is 29.8 Å². The number of nitrogens with zero attached hydrogens (tertiary/aromatic N) is 3. The number of aromatic hydroxyl groups is 1. The third-order valence-corrected chi connectivity index (χ3v) is 8.13. The van der Waals surface area contributed by atoms with Gasteiger partial charge in [-0.1, -0.05) is 18.6 Å². The first kappa shape index (κ1) is 39.7. The summed E-state index contributed by atoms with van der Waals surface area (Å²) in [6, 6.07) is 3.07. The Morgan fingerprint density at radius 2 is 1.84 bits per heavy atom. The largest absolute Gasteiger partial charge is 0.507 e. The topological polar surface area (TPSA) is 234 Å². The van der Waals surface area contributed by atoms with E-state index in [1.54, 1.807) is 18.2 Å². The molecule has 1 aromatic carbocycles. The van der Waals surface area contributed by atoms with Crippen molar-refractivity contribution in [3.8, 4) is 5.75 Å². The summed E-state index contributed by atoms with van der Waals surface area (Å²) in [5.41, 5.74) is 0.291. The van der Waals surface area contributed by atoms with Gasteiger partial charge in [0.1, 0.15) is 30.5 Å². The molecule has 0 aromatic heterocycles. The number of hydrogen-bond acceptors (Lipinski definition) is 13. The van der Waals surface area contributed by atoms with E-state index in [1.165, 1.54) is 20.1 Å². The van der Waals surface area contributed by atoms with E-state index in [2.05, 4.69) is 20.4 Å². The number of esters is 2. The van der Waals surface area contributed by atoms with Crippen LogP contribution in [0.2, 0.25) is 0 Å². The molecule has 0 bridgehead atoms. The van der Waals surface area contributed by atoms with Gasteiger partial charge in [0.2, 0.25) is 23.6 Å². The molecule has 0 unspecified atom stereocenters. The Morgan fingerprint density at radius 1 is 1.10 bits per heavy atom. The first-order valence-electron chi connectivity index (χ1n) is 16.7. The summed E-state index contributed by atoms with van der Waals surface area (Å²) in [7, 11) is 1.30. The molecule has 5 N–H and O–H groups in total. The van der Waals surface area contributed by atoms with E-state index in [1.807, 2.05) is 0 Å². The van der Waals surface area contributed by atoms with E-state index in [0.717, 1.165) is 0 Å². The van der Waals surface area contributed by atoms with Crippen LogP contribution in [0.5, 0.6) is 5.75 Å². The number of rotatable bonds is 18. The summed E-state index contributed by atoms with van der Waals surface area (Å²) in [6.07, 6.45) is 2.16. The van der Waals surface area contributed by atoms with Crippen LogP contribution in [-0.2, 0) is 43.0 Å². The number of methoxy groups -OCH3 is 1. The normalized spacial score (nSPS) is 18.5. The van der Waals surface area contributed by atoms with E-state index >= 15 is 0 Å². The molecular formula is C33H47N5O12. The van der Waals surface area contributed by atoms with Crippen LogP contribution in [-0.4, -0.2) is 118 Å². The fourth-order valence-corrected chi connectivity index (χ4v) is 5.34. The lowest BCUT2D eigenvalue weighted by Crippen LogP contribution is -2.48. The van der Waals surface area contributed by atoms with Crippen molar-refractivity contribution in [2.45, 2.75) is 102 Å². The molecule has 0 aliphatic carbocycles. The summed E-state index contributed by atoms with van der Waals surface area (Å²) >= 11 is 0. The number of benzene rings is 1. The lowest BCUT2D eigenvalue weighted by Gasteiger charge is -2.23. The monoisotopic (exact) mass is 705 g/mol. The molecule has 4 atom stereocenters. The highest BCUT2D eigenvalue weighted by Gasteiger charge is 2.33. The molecule has 50 heavy (non-hydrogen) atoms. The molecule has 17 heteroatoms. The number of carbonyl (C=O) groups is 6. The molecule has 1 aromatic rings. The number of ether oxygens (including phenoxy) is 3. The average Bonchev–Trinajstić information content (AvgIpc) is 3.52. The van der Waals surface area contributed by atoms with Crippen molar-refractivity contribution in [2.24, 2.45) is 4.99 Å². The number of nitrogens with one attached hydrogen (secondary N) is 2. The highest BCUT2D eigenvalue weighted by molar-refractivity contribution is 6.00. The third kappa shape index (κ3) is 12.6. The zero-order valence-corrected chi connectivity index (χ0v) is 28.4. The van der Waals surface area contributed by atoms with E-state index < -0.39 is 53.8 Å². The molecule has 1 fully saturated rings. The summed E-state index contributed by atoms with van der Waals surface area (Å²) in [5.74, 6) is -3.67. The molecule has 17 nitrogen and oxygen atoms in total. The highest BCUT2D eigenvalue weighted by atomic mass is 16.5. The predicted molar refractivity (Wildman–Crippen MR) is 174 cm³/mol.